The van der Waals surface area contributed by atoms with E-state index in [0.29, 0.717) is 23.5 Å². The van der Waals surface area contributed by atoms with Crippen LogP contribution in [-0.4, -0.2) is 10.9 Å². The molecule has 2 aromatic carbocycles. The molecule has 0 bridgehead atoms. The van der Waals surface area contributed by atoms with Crippen molar-refractivity contribution in [3.05, 3.63) is 83.0 Å². The van der Waals surface area contributed by atoms with Gasteiger partial charge in [-0.1, -0.05) is 18.2 Å². The van der Waals surface area contributed by atoms with E-state index in [1.165, 1.54) is 6.92 Å². The molecule has 0 spiro atoms. The molecule has 0 saturated heterocycles. The lowest BCUT2D eigenvalue weighted by Crippen LogP contribution is -2.30. The third-order valence-corrected chi connectivity index (χ3v) is 4.45. The Bertz CT molecular complexity index is 989. The molecule has 1 unspecified atom stereocenters. The Morgan fingerprint density at radius 2 is 2.04 bits per heavy atom. The van der Waals surface area contributed by atoms with E-state index in [4.69, 9.17) is 10.6 Å². The molecule has 3 aromatic rings. The van der Waals surface area contributed by atoms with Crippen molar-refractivity contribution in [1.82, 2.24) is 10.4 Å². The summed E-state index contributed by atoms with van der Waals surface area (Å²) in [5, 5.41) is 0. The van der Waals surface area contributed by atoms with Crippen LogP contribution in [0, 0.1) is 6.92 Å². The molecular weight excluding hydrogens is 357 g/mol. The molecule has 1 amide bonds. The highest BCUT2D eigenvalue weighted by Gasteiger charge is 2.10. The van der Waals surface area contributed by atoms with Gasteiger partial charge in [-0.2, -0.15) is 0 Å². The minimum atomic E-state index is -1.04. The number of hydrazine groups is 1. The van der Waals surface area contributed by atoms with Crippen LogP contribution in [0.5, 0.6) is 5.75 Å². The fraction of sp³-hybridized carbons (Fsp3) is 0.182. The molecule has 5 nitrogen and oxygen atoms in total. The summed E-state index contributed by atoms with van der Waals surface area (Å²) in [4.78, 5) is 16.1. The van der Waals surface area contributed by atoms with Gasteiger partial charge in [-0.15, -0.1) is 0 Å². The van der Waals surface area contributed by atoms with E-state index < -0.39 is 6.17 Å². The third kappa shape index (κ3) is 4.53. The Labute approximate surface area is 163 Å². The molecule has 6 heteroatoms. The van der Waals surface area contributed by atoms with Crippen molar-refractivity contribution in [3.8, 4) is 17.0 Å². The Balaban J connectivity index is 1.76. The van der Waals surface area contributed by atoms with Crippen LogP contribution in [0.1, 0.15) is 40.1 Å². The standard InChI is InChI=1S/C22H22FN3O2/c1-14-10-18(6-7-20(14)22(27)26-24)21-11-16(8-9-25-21)13-28-19-5-3-4-17(12-19)15(2)23/h3-12,15H,13,24H2,1-2H3,(H,26,27). The van der Waals surface area contributed by atoms with Gasteiger partial charge in [-0.25, -0.2) is 10.2 Å². The summed E-state index contributed by atoms with van der Waals surface area (Å²) in [7, 11) is 0. The van der Waals surface area contributed by atoms with Gasteiger partial charge < -0.3 is 4.74 Å². The maximum absolute atomic E-state index is 13.5. The van der Waals surface area contributed by atoms with Crippen LogP contribution >= 0.6 is 0 Å². The number of carbonyl (C=O) groups excluding carboxylic acids is 1. The van der Waals surface area contributed by atoms with E-state index in [0.717, 1.165) is 22.4 Å². The van der Waals surface area contributed by atoms with Crippen LogP contribution in [0.25, 0.3) is 11.3 Å². The number of amides is 1. The number of halogens is 1. The van der Waals surface area contributed by atoms with Gasteiger partial charge in [-0.3, -0.25) is 15.2 Å². The van der Waals surface area contributed by atoms with E-state index in [2.05, 4.69) is 10.4 Å². The number of nitrogens with two attached hydrogens (primary N) is 1. The topological polar surface area (TPSA) is 77.2 Å². The predicted molar refractivity (Wildman–Crippen MR) is 106 cm³/mol. The number of carbonyl (C=O) groups is 1. The number of hydrogen-bond acceptors (Lipinski definition) is 4. The van der Waals surface area contributed by atoms with Gasteiger partial charge in [0.25, 0.3) is 5.91 Å². The number of nitrogens with one attached hydrogen (secondary N) is 1. The number of aromatic nitrogens is 1. The molecule has 3 rings (SSSR count). The van der Waals surface area contributed by atoms with Crippen molar-refractivity contribution in [1.29, 1.82) is 0 Å². The molecule has 144 valence electrons. The molecule has 0 radical (unpaired) electrons. The molecule has 0 saturated carbocycles. The minimum absolute atomic E-state index is 0.330. The van der Waals surface area contributed by atoms with Gasteiger partial charge in [0.15, 0.2) is 0 Å². The zero-order valence-corrected chi connectivity index (χ0v) is 15.8. The lowest BCUT2D eigenvalue weighted by Gasteiger charge is -2.10. The summed E-state index contributed by atoms with van der Waals surface area (Å²) in [6, 6.07) is 16.3. The largest absolute Gasteiger partial charge is 0.489 e. The molecule has 1 heterocycles. The van der Waals surface area contributed by atoms with Crippen molar-refractivity contribution < 1.29 is 13.9 Å². The first-order valence-electron chi connectivity index (χ1n) is 8.91. The van der Waals surface area contributed by atoms with Gasteiger partial charge in [0.05, 0.1) is 5.69 Å². The zero-order chi connectivity index (χ0) is 20.1. The predicted octanol–water partition coefficient (Wildman–Crippen LogP) is 4.27. The molecule has 0 fully saturated rings. The summed E-state index contributed by atoms with van der Waals surface area (Å²) in [5.41, 5.74) is 6.65. The number of rotatable bonds is 6. The number of alkyl halides is 1. The van der Waals surface area contributed by atoms with Crippen molar-refractivity contribution in [3.63, 3.8) is 0 Å². The molecule has 1 atom stereocenters. The van der Waals surface area contributed by atoms with Crippen molar-refractivity contribution in [2.75, 3.05) is 0 Å². The maximum atomic E-state index is 13.5. The van der Waals surface area contributed by atoms with E-state index in [1.807, 2.05) is 31.2 Å². The maximum Gasteiger partial charge on any atom is 0.265 e. The van der Waals surface area contributed by atoms with Crippen LogP contribution in [0.3, 0.4) is 0 Å². The molecular formula is C22H22FN3O2. The molecule has 0 aliphatic rings. The fourth-order valence-corrected chi connectivity index (χ4v) is 2.90. The summed E-state index contributed by atoms with van der Waals surface area (Å²) in [6.45, 7) is 3.69. The van der Waals surface area contributed by atoms with Crippen LogP contribution in [0.4, 0.5) is 4.39 Å². The van der Waals surface area contributed by atoms with Crippen LogP contribution in [-0.2, 0) is 6.61 Å². The van der Waals surface area contributed by atoms with Gasteiger partial charge in [0, 0.05) is 17.3 Å². The monoisotopic (exact) mass is 379 g/mol. The smallest absolute Gasteiger partial charge is 0.265 e. The SMILES string of the molecule is Cc1cc(-c2cc(COc3cccc(C(C)F)c3)ccn2)ccc1C(=O)NN. The second-order valence-electron chi connectivity index (χ2n) is 6.53. The summed E-state index contributed by atoms with van der Waals surface area (Å²) in [5.74, 6) is 5.49. The second kappa shape index (κ2) is 8.63. The first kappa shape index (κ1) is 19.5. The highest BCUT2D eigenvalue weighted by atomic mass is 19.1. The first-order valence-corrected chi connectivity index (χ1v) is 8.91. The van der Waals surface area contributed by atoms with Crippen LogP contribution < -0.4 is 16.0 Å². The summed E-state index contributed by atoms with van der Waals surface area (Å²) < 4.78 is 19.3. The van der Waals surface area contributed by atoms with Gasteiger partial charge in [-0.05, 0) is 66.9 Å². The number of benzene rings is 2. The summed E-state index contributed by atoms with van der Waals surface area (Å²) >= 11 is 0. The lowest BCUT2D eigenvalue weighted by atomic mass is 10.0. The van der Waals surface area contributed by atoms with Gasteiger partial charge in [0.1, 0.15) is 18.5 Å². The normalized spacial score (nSPS) is 11.7. The summed E-state index contributed by atoms with van der Waals surface area (Å²) in [6.07, 6.45) is 0.674. The zero-order valence-electron chi connectivity index (χ0n) is 15.8. The Kier molecular flexibility index (Phi) is 6.01. The number of pyridine rings is 1. The number of nitrogen functional groups attached to an aromatic ring is 1. The third-order valence-electron chi connectivity index (χ3n) is 4.45. The first-order chi connectivity index (χ1) is 13.5. The quantitative estimate of drug-likeness (QED) is 0.381. The van der Waals surface area contributed by atoms with E-state index >= 15 is 0 Å². The lowest BCUT2D eigenvalue weighted by molar-refractivity contribution is 0.0953. The van der Waals surface area contributed by atoms with Crippen LogP contribution in [0.15, 0.2) is 60.8 Å². The van der Waals surface area contributed by atoms with E-state index in [-0.39, 0.29) is 5.91 Å². The van der Waals surface area contributed by atoms with E-state index in [9.17, 15) is 9.18 Å². The van der Waals surface area contributed by atoms with Crippen LogP contribution in [0.2, 0.25) is 0 Å². The fourth-order valence-electron chi connectivity index (χ4n) is 2.90. The molecule has 28 heavy (non-hydrogen) atoms. The highest BCUT2D eigenvalue weighted by Crippen LogP contribution is 2.24. The average Bonchev–Trinajstić information content (AvgIpc) is 2.72. The van der Waals surface area contributed by atoms with Crippen molar-refractivity contribution in [2.24, 2.45) is 5.84 Å². The van der Waals surface area contributed by atoms with E-state index in [1.54, 1.807) is 36.5 Å². The Hall–Kier alpha value is -3.25. The molecule has 1 aromatic heterocycles. The number of nitrogens with zero attached hydrogens (tertiary/aromatic N) is 1. The number of aryl methyl sites for hydroxylation is 1. The van der Waals surface area contributed by atoms with Gasteiger partial charge in [0.2, 0.25) is 0 Å². The second-order valence-corrected chi connectivity index (χ2v) is 6.53. The molecule has 3 N–H and O–H groups in total. The van der Waals surface area contributed by atoms with Crippen molar-refractivity contribution in [2.45, 2.75) is 26.6 Å². The average molecular weight is 379 g/mol. The molecule has 0 aliphatic heterocycles. The van der Waals surface area contributed by atoms with Crippen molar-refractivity contribution >= 4 is 5.91 Å². The van der Waals surface area contributed by atoms with Gasteiger partial charge >= 0.3 is 0 Å². The minimum Gasteiger partial charge on any atom is -0.489 e. The number of ether oxygens (including phenoxy) is 1. The highest BCUT2D eigenvalue weighted by molar-refractivity contribution is 5.95. The Morgan fingerprint density at radius 3 is 2.75 bits per heavy atom. The molecule has 0 aliphatic carbocycles. The Morgan fingerprint density at radius 1 is 1.21 bits per heavy atom. The number of hydrogen-bond donors (Lipinski definition) is 2.